The summed E-state index contributed by atoms with van der Waals surface area (Å²) < 4.78 is 0. The van der Waals surface area contributed by atoms with E-state index in [-0.39, 0.29) is 0 Å². The molecule has 18 heavy (non-hydrogen) atoms. The van der Waals surface area contributed by atoms with Gasteiger partial charge in [-0.25, -0.2) is 0 Å². The second kappa shape index (κ2) is 8.92. The van der Waals surface area contributed by atoms with Crippen molar-refractivity contribution in [2.75, 3.05) is 19.6 Å². The minimum Gasteiger partial charge on any atom is -0.303 e. The zero-order chi connectivity index (χ0) is 13.3. The van der Waals surface area contributed by atoms with Crippen LogP contribution in [-0.4, -0.2) is 32.6 Å². The molecule has 0 aromatic heterocycles. The van der Waals surface area contributed by atoms with Crippen molar-refractivity contribution in [3.8, 4) is 0 Å². The zero-order valence-electron chi connectivity index (χ0n) is 12.7. The van der Waals surface area contributed by atoms with E-state index in [1.165, 1.54) is 75.9 Å². The van der Waals surface area contributed by atoms with Crippen LogP contribution in [0.25, 0.3) is 0 Å². The maximum absolute atomic E-state index is 4.02. The van der Waals surface area contributed by atoms with Crippen LogP contribution in [-0.2, 0) is 0 Å². The lowest BCUT2D eigenvalue weighted by Gasteiger charge is -2.31. The van der Waals surface area contributed by atoms with E-state index in [0.29, 0.717) is 0 Å². The highest BCUT2D eigenvalue weighted by Gasteiger charge is 2.29. The minimum atomic E-state index is -1.01. The van der Waals surface area contributed by atoms with Gasteiger partial charge in [-0.1, -0.05) is 50.9 Å². The highest BCUT2D eigenvalue weighted by Crippen LogP contribution is 2.30. The largest absolute Gasteiger partial charge is 0.303 e. The average molecular weight is 268 g/mol. The summed E-state index contributed by atoms with van der Waals surface area (Å²) in [7, 11) is -1.01. The van der Waals surface area contributed by atoms with Gasteiger partial charge in [0.05, 0.1) is 8.07 Å². The minimum absolute atomic E-state index is 1.01. The van der Waals surface area contributed by atoms with Gasteiger partial charge >= 0.3 is 0 Å². The lowest BCUT2D eigenvalue weighted by molar-refractivity contribution is 0.339. The maximum Gasteiger partial charge on any atom is 0.0573 e. The van der Waals surface area contributed by atoms with Crippen molar-refractivity contribution in [3.63, 3.8) is 0 Å². The summed E-state index contributed by atoms with van der Waals surface area (Å²) in [4.78, 5) is 2.67. The number of rotatable bonds is 10. The fourth-order valence-electron chi connectivity index (χ4n) is 3.73. The Balaban J connectivity index is 2.39. The molecule has 0 spiro atoms. The molecule has 1 nitrogen and oxygen atoms in total. The SMILES string of the molecule is C=CC[Si](CCC)(CCC)CCCN1CCCC1. The number of hydrogen-bond acceptors (Lipinski definition) is 1. The third kappa shape index (κ3) is 5.27. The molecule has 0 atom stereocenters. The molecule has 0 aromatic carbocycles. The van der Waals surface area contributed by atoms with Crippen molar-refractivity contribution in [2.24, 2.45) is 0 Å². The van der Waals surface area contributed by atoms with Gasteiger partial charge in [-0.05, 0) is 44.9 Å². The van der Waals surface area contributed by atoms with Gasteiger partial charge in [0.25, 0.3) is 0 Å². The van der Waals surface area contributed by atoms with Gasteiger partial charge in [-0.2, -0.15) is 0 Å². The maximum atomic E-state index is 4.02. The highest BCUT2D eigenvalue weighted by molar-refractivity contribution is 6.80. The summed E-state index contributed by atoms with van der Waals surface area (Å²) in [6, 6.07) is 5.94. The van der Waals surface area contributed by atoms with E-state index in [1.807, 2.05) is 0 Å². The van der Waals surface area contributed by atoms with E-state index in [9.17, 15) is 0 Å². The molecule has 0 radical (unpaired) electrons. The van der Waals surface area contributed by atoms with E-state index in [2.05, 4.69) is 31.4 Å². The molecule has 0 amide bonds. The third-order valence-corrected chi connectivity index (χ3v) is 10.2. The number of nitrogens with zero attached hydrogens (tertiary/aromatic N) is 1. The van der Waals surface area contributed by atoms with Gasteiger partial charge in [0.1, 0.15) is 0 Å². The van der Waals surface area contributed by atoms with Crippen LogP contribution in [0.2, 0.25) is 24.2 Å². The first-order valence-electron chi connectivity index (χ1n) is 8.09. The Morgan fingerprint density at radius 2 is 1.67 bits per heavy atom. The number of hydrogen-bond donors (Lipinski definition) is 0. The second-order valence-corrected chi connectivity index (χ2v) is 11.1. The molecule has 1 rings (SSSR count). The first kappa shape index (κ1) is 16.0. The summed E-state index contributed by atoms with van der Waals surface area (Å²) in [6.07, 6.45) is 9.28. The molecule has 1 aliphatic rings. The van der Waals surface area contributed by atoms with Crippen molar-refractivity contribution in [2.45, 2.75) is 70.1 Å². The fourth-order valence-corrected chi connectivity index (χ4v) is 8.74. The van der Waals surface area contributed by atoms with Crippen LogP contribution in [0.4, 0.5) is 0 Å². The van der Waals surface area contributed by atoms with E-state index in [0.717, 1.165) is 0 Å². The molecule has 106 valence electrons. The van der Waals surface area contributed by atoms with Crippen molar-refractivity contribution >= 4 is 8.07 Å². The summed E-state index contributed by atoms with van der Waals surface area (Å²) in [5, 5.41) is 0. The summed E-state index contributed by atoms with van der Waals surface area (Å²) in [6.45, 7) is 12.8. The van der Waals surface area contributed by atoms with E-state index >= 15 is 0 Å². The van der Waals surface area contributed by atoms with Crippen molar-refractivity contribution in [3.05, 3.63) is 12.7 Å². The molecule has 1 heterocycles. The van der Waals surface area contributed by atoms with Gasteiger partial charge in [0.15, 0.2) is 0 Å². The Hall–Kier alpha value is -0.0831. The molecular formula is C16H33NSi. The first-order valence-corrected chi connectivity index (χ1v) is 10.9. The van der Waals surface area contributed by atoms with Crippen LogP contribution in [0, 0.1) is 0 Å². The zero-order valence-corrected chi connectivity index (χ0v) is 13.7. The van der Waals surface area contributed by atoms with Crippen molar-refractivity contribution in [1.29, 1.82) is 0 Å². The van der Waals surface area contributed by atoms with Gasteiger partial charge in [0.2, 0.25) is 0 Å². The van der Waals surface area contributed by atoms with Crippen LogP contribution < -0.4 is 0 Å². The van der Waals surface area contributed by atoms with Crippen molar-refractivity contribution in [1.82, 2.24) is 4.90 Å². The molecule has 2 heteroatoms. The fraction of sp³-hybridized carbons (Fsp3) is 0.875. The molecule has 1 aliphatic heterocycles. The molecule has 1 saturated heterocycles. The van der Waals surface area contributed by atoms with Gasteiger partial charge < -0.3 is 4.90 Å². The third-order valence-electron chi connectivity index (χ3n) is 4.52. The summed E-state index contributed by atoms with van der Waals surface area (Å²) in [5.41, 5.74) is 0. The Labute approximate surface area is 116 Å². The Kier molecular flexibility index (Phi) is 7.92. The summed E-state index contributed by atoms with van der Waals surface area (Å²) in [5.74, 6) is 0. The first-order chi connectivity index (χ1) is 8.76. The molecule has 0 N–H and O–H groups in total. The lowest BCUT2D eigenvalue weighted by Crippen LogP contribution is -2.34. The predicted octanol–water partition coefficient (Wildman–Crippen LogP) is 4.93. The Bertz CT molecular complexity index is 215. The van der Waals surface area contributed by atoms with Crippen LogP contribution in [0.15, 0.2) is 12.7 Å². The highest BCUT2D eigenvalue weighted by atomic mass is 28.3. The van der Waals surface area contributed by atoms with Crippen molar-refractivity contribution < 1.29 is 0 Å². The van der Waals surface area contributed by atoms with Gasteiger partial charge in [-0.3, -0.25) is 0 Å². The second-order valence-electron chi connectivity index (χ2n) is 6.15. The summed E-state index contributed by atoms with van der Waals surface area (Å²) >= 11 is 0. The van der Waals surface area contributed by atoms with Crippen LogP contribution >= 0.6 is 0 Å². The number of likely N-dealkylation sites (tertiary alicyclic amines) is 1. The quantitative estimate of drug-likeness (QED) is 0.401. The molecule has 0 unspecified atom stereocenters. The van der Waals surface area contributed by atoms with Crippen LogP contribution in [0.5, 0.6) is 0 Å². The van der Waals surface area contributed by atoms with E-state index in [4.69, 9.17) is 0 Å². The average Bonchev–Trinajstić information content (AvgIpc) is 2.83. The molecule has 0 aliphatic carbocycles. The monoisotopic (exact) mass is 267 g/mol. The normalized spacial score (nSPS) is 17.2. The standard InChI is InChI=1S/C16H33NSi/c1-4-13-18(14-5-2,15-6-3)16-9-12-17-10-7-8-11-17/h4H,1,5-16H2,2-3H3. The van der Waals surface area contributed by atoms with Gasteiger partial charge in [0, 0.05) is 0 Å². The molecule has 0 bridgehead atoms. The Morgan fingerprint density at radius 1 is 1.06 bits per heavy atom. The van der Waals surface area contributed by atoms with E-state index in [1.54, 1.807) is 0 Å². The molecule has 0 saturated carbocycles. The van der Waals surface area contributed by atoms with Gasteiger partial charge in [-0.15, -0.1) is 6.58 Å². The smallest absolute Gasteiger partial charge is 0.0573 e. The van der Waals surface area contributed by atoms with E-state index < -0.39 is 8.07 Å². The molecule has 0 aromatic rings. The topological polar surface area (TPSA) is 3.24 Å². The predicted molar refractivity (Wildman–Crippen MR) is 86.1 cm³/mol. The molecule has 1 fully saturated rings. The lowest BCUT2D eigenvalue weighted by atomic mass is 10.4. The molecular weight excluding hydrogens is 234 g/mol. The number of allylic oxidation sites excluding steroid dienone is 1. The Morgan fingerprint density at radius 3 is 2.17 bits per heavy atom. The van der Waals surface area contributed by atoms with Crippen LogP contribution in [0.1, 0.15) is 46.0 Å². The van der Waals surface area contributed by atoms with Crippen LogP contribution in [0.3, 0.4) is 0 Å².